The quantitative estimate of drug-likeness (QED) is 0.459. The second-order valence-corrected chi connectivity index (χ2v) is 8.22. The van der Waals surface area contributed by atoms with Crippen molar-refractivity contribution in [2.24, 2.45) is 5.92 Å². The molecule has 0 spiro atoms. The number of rotatable bonds is 4. The largest absolute Gasteiger partial charge is 0.356 e. The number of benzene rings is 1. The molecule has 0 unspecified atom stereocenters. The van der Waals surface area contributed by atoms with Gasteiger partial charge in [-0.1, -0.05) is 46.6 Å². The number of amides is 1. The van der Waals surface area contributed by atoms with Crippen LogP contribution in [0.3, 0.4) is 0 Å². The van der Waals surface area contributed by atoms with Crippen LogP contribution in [0.5, 0.6) is 0 Å². The van der Waals surface area contributed by atoms with E-state index >= 15 is 0 Å². The van der Waals surface area contributed by atoms with Crippen molar-refractivity contribution in [3.63, 3.8) is 0 Å². The highest BCUT2D eigenvalue weighted by molar-refractivity contribution is 6.32. The first-order chi connectivity index (χ1) is 15.6. The minimum absolute atomic E-state index is 0.0438. The van der Waals surface area contributed by atoms with Gasteiger partial charge in [0, 0.05) is 30.8 Å². The van der Waals surface area contributed by atoms with Crippen molar-refractivity contribution in [2.75, 3.05) is 23.3 Å². The monoisotopic (exact) mass is 448 g/mol. The van der Waals surface area contributed by atoms with Gasteiger partial charge in [0.2, 0.25) is 5.91 Å². The molecule has 1 amide bonds. The molecule has 0 radical (unpaired) electrons. The van der Waals surface area contributed by atoms with Crippen LogP contribution < -0.4 is 10.2 Å². The fourth-order valence-electron chi connectivity index (χ4n) is 3.99. The summed E-state index contributed by atoms with van der Waals surface area (Å²) in [5.41, 5.74) is 3.84. The average Bonchev–Trinajstić information content (AvgIpc) is 3.25. The number of aryl methyl sites for hydroxylation is 1. The van der Waals surface area contributed by atoms with Gasteiger partial charge in [-0.3, -0.25) is 4.79 Å². The van der Waals surface area contributed by atoms with Crippen molar-refractivity contribution >= 4 is 40.1 Å². The number of carbonyl (C=O) groups is 1. The maximum atomic E-state index is 12.7. The number of piperidine rings is 1. The molecule has 1 fully saturated rings. The Hall–Kier alpha value is -3.52. The Bertz CT molecular complexity index is 1270. The zero-order valence-corrected chi connectivity index (χ0v) is 18.2. The number of hydrogen-bond donors (Lipinski definition) is 1. The van der Waals surface area contributed by atoms with E-state index in [0.717, 1.165) is 22.5 Å². The number of pyridine rings is 1. The van der Waals surface area contributed by atoms with Crippen LogP contribution in [0.25, 0.3) is 22.4 Å². The number of halogens is 1. The van der Waals surface area contributed by atoms with Gasteiger partial charge in [0.05, 0.1) is 5.69 Å². The first-order valence-corrected chi connectivity index (χ1v) is 10.8. The highest BCUT2D eigenvalue weighted by Gasteiger charge is 2.28. The Morgan fingerprint density at radius 1 is 1.12 bits per heavy atom. The predicted octanol–water partition coefficient (Wildman–Crippen LogP) is 4.50. The van der Waals surface area contributed by atoms with E-state index in [9.17, 15) is 4.79 Å². The molecular formula is C23H21ClN6O2. The maximum absolute atomic E-state index is 12.7. The molecule has 4 heterocycles. The smallest absolute Gasteiger partial charge is 0.263 e. The molecular weight excluding hydrogens is 428 g/mol. The predicted molar refractivity (Wildman–Crippen MR) is 123 cm³/mol. The van der Waals surface area contributed by atoms with Crippen LogP contribution in [-0.2, 0) is 4.79 Å². The Morgan fingerprint density at radius 3 is 2.66 bits per heavy atom. The lowest BCUT2D eigenvalue weighted by molar-refractivity contribution is -0.120. The summed E-state index contributed by atoms with van der Waals surface area (Å²) < 4.78 is 5.49. The van der Waals surface area contributed by atoms with Gasteiger partial charge in [0.15, 0.2) is 5.15 Å². The summed E-state index contributed by atoms with van der Waals surface area (Å²) in [6, 6.07) is 11.6. The first kappa shape index (κ1) is 20.4. The molecule has 1 aromatic carbocycles. The van der Waals surface area contributed by atoms with Gasteiger partial charge in [-0.05, 0) is 31.9 Å². The van der Waals surface area contributed by atoms with Crippen molar-refractivity contribution in [1.82, 2.24) is 20.1 Å². The molecule has 1 saturated heterocycles. The number of hydrogen-bond acceptors (Lipinski definition) is 7. The van der Waals surface area contributed by atoms with E-state index in [2.05, 4.69) is 30.3 Å². The molecule has 8 nitrogen and oxygen atoms in total. The van der Waals surface area contributed by atoms with Crippen molar-refractivity contribution < 1.29 is 9.32 Å². The number of aromatic nitrogens is 4. The van der Waals surface area contributed by atoms with Gasteiger partial charge in [-0.15, -0.1) is 0 Å². The second-order valence-electron chi connectivity index (χ2n) is 7.87. The Morgan fingerprint density at radius 2 is 1.91 bits per heavy atom. The maximum Gasteiger partial charge on any atom is 0.263 e. The first-order valence-electron chi connectivity index (χ1n) is 10.4. The fraction of sp³-hybridized carbons (Fsp3) is 0.261. The van der Waals surface area contributed by atoms with Gasteiger partial charge in [-0.25, -0.2) is 9.97 Å². The van der Waals surface area contributed by atoms with E-state index in [4.69, 9.17) is 16.1 Å². The summed E-state index contributed by atoms with van der Waals surface area (Å²) >= 11 is 6.07. The van der Waals surface area contributed by atoms with E-state index in [1.165, 1.54) is 11.9 Å². The number of nitrogens with zero attached hydrogens (tertiary/aromatic N) is 5. The third-order valence-corrected chi connectivity index (χ3v) is 6.06. The van der Waals surface area contributed by atoms with Gasteiger partial charge in [-0.2, -0.15) is 4.98 Å². The number of fused-ring (bicyclic) bond motifs is 1. The van der Waals surface area contributed by atoms with E-state index in [1.807, 2.05) is 31.2 Å². The van der Waals surface area contributed by atoms with Crippen molar-refractivity contribution in [3.8, 4) is 11.3 Å². The molecule has 0 bridgehead atoms. The van der Waals surface area contributed by atoms with Gasteiger partial charge < -0.3 is 14.7 Å². The van der Waals surface area contributed by atoms with E-state index in [0.29, 0.717) is 37.3 Å². The molecule has 5 rings (SSSR count). The van der Waals surface area contributed by atoms with Crippen LogP contribution in [0.2, 0.25) is 5.15 Å². The summed E-state index contributed by atoms with van der Waals surface area (Å²) in [5.74, 6) is 0.623. The molecule has 4 aromatic rings. The lowest BCUT2D eigenvalue weighted by atomic mass is 9.95. The Labute approximate surface area is 189 Å². The third kappa shape index (κ3) is 3.89. The molecule has 0 saturated carbocycles. The highest BCUT2D eigenvalue weighted by Crippen LogP contribution is 2.35. The summed E-state index contributed by atoms with van der Waals surface area (Å²) in [7, 11) is 0. The van der Waals surface area contributed by atoms with Crippen LogP contribution in [0.4, 0.5) is 11.5 Å². The minimum Gasteiger partial charge on any atom is -0.356 e. The standard InChI is InChI=1S/C23H21ClN6O2/c1-14-4-6-15(7-5-14)19-18-21(26-13-27-23(18)32-29-19)30-11-8-16(9-12-30)22(31)28-17-3-2-10-25-20(17)24/h2-7,10,13,16H,8-9,11-12H2,1H3,(H,28,31). The molecule has 0 atom stereocenters. The number of carbonyl (C=O) groups excluding carboxylic acids is 1. The van der Waals surface area contributed by atoms with Crippen LogP contribution in [0, 0.1) is 12.8 Å². The zero-order chi connectivity index (χ0) is 22.1. The molecule has 1 aliphatic rings. The average molecular weight is 449 g/mol. The second kappa shape index (κ2) is 8.55. The third-order valence-electron chi connectivity index (χ3n) is 5.76. The van der Waals surface area contributed by atoms with Crippen LogP contribution in [-0.4, -0.2) is 39.1 Å². The summed E-state index contributed by atoms with van der Waals surface area (Å²) in [6.45, 7) is 3.41. The van der Waals surface area contributed by atoms with Crippen LogP contribution >= 0.6 is 11.6 Å². The lowest BCUT2D eigenvalue weighted by Gasteiger charge is -2.32. The molecule has 0 aliphatic carbocycles. The SMILES string of the molecule is Cc1ccc(-c2noc3ncnc(N4CCC(C(=O)Nc5cccnc5Cl)CC4)c23)cc1. The molecule has 1 N–H and O–H groups in total. The normalized spacial score (nSPS) is 14.6. The lowest BCUT2D eigenvalue weighted by Crippen LogP contribution is -2.38. The minimum atomic E-state index is -0.112. The highest BCUT2D eigenvalue weighted by atomic mass is 35.5. The molecule has 162 valence electrons. The van der Waals surface area contributed by atoms with Crippen LogP contribution in [0.1, 0.15) is 18.4 Å². The van der Waals surface area contributed by atoms with Gasteiger partial charge >= 0.3 is 0 Å². The summed E-state index contributed by atoms with van der Waals surface area (Å²) in [4.78, 5) is 27.7. The summed E-state index contributed by atoms with van der Waals surface area (Å²) in [5, 5.41) is 8.24. The zero-order valence-electron chi connectivity index (χ0n) is 17.5. The molecule has 3 aromatic heterocycles. The molecule has 1 aliphatic heterocycles. The number of nitrogens with one attached hydrogen (secondary N) is 1. The fourth-order valence-corrected chi connectivity index (χ4v) is 4.15. The van der Waals surface area contributed by atoms with E-state index in [-0.39, 0.29) is 17.0 Å². The van der Waals surface area contributed by atoms with Crippen molar-refractivity contribution in [3.05, 3.63) is 59.6 Å². The Balaban J connectivity index is 1.35. The number of anilines is 2. The van der Waals surface area contributed by atoms with Crippen molar-refractivity contribution in [1.29, 1.82) is 0 Å². The van der Waals surface area contributed by atoms with Gasteiger partial charge in [0.1, 0.15) is 23.2 Å². The van der Waals surface area contributed by atoms with Crippen molar-refractivity contribution in [2.45, 2.75) is 19.8 Å². The van der Waals surface area contributed by atoms with E-state index in [1.54, 1.807) is 18.3 Å². The summed E-state index contributed by atoms with van der Waals surface area (Å²) in [6.07, 6.45) is 4.47. The van der Waals surface area contributed by atoms with Gasteiger partial charge in [0.25, 0.3) is 5.71 Å². The topological polar surface area (TPSA) is 97.0 Å². The van der Waals surface area contributed by atoms with E-state index < -0.39 is 0 Å². The molecule has 32 heavy (non-hydrogen) atoms. The Kier molecular flexibility index (Phi) is 5.45. The van der Waals surface area contributed by atoms with Crippen LogP contribution in [0.15, 0.2) is 53.4 Å². The molecule has 9 heteroatoms.